The van der Waals surface area contributed by atoms with Crippen molar-refractivity contribution in [1.82, 2.24) is 4.57 Å². The van der Waals surface area contributed by atoms with Gasteiger partial charge in [-0.15, -0.1) is 0 Å². The fourth-order valence-corrected chi connectivity index (χ4v) is 3.61. The number of aromatic nitrogens is 1. The van der Waals surface area contributed by atoms with E-state index in [1.807, 2.05) is 17.7 Å². The van der Waals surface area contributed by atoms with Crippen LogP contribution in [0.25, 0.3) is 10.2 Å². The molecule has 0 saturated carbocycles. The van der Waals surface area contributed by atoms with E-state index >= 15 is 0 Å². The van der Waals surface area contributed by atoms with Crippen molar-refractivity contribution in [3.05, 3.63) is 63.4 Å². The number of hydrogen-bond donors (Lipinski definition) is 0. The van der Waals surface area contributed by atoms with Crippen LogP contribution in [0.4, 0.5) is 0 Å². The minimum absolute atomic E-state index is 0.253. The van der Waals surface area contributed by atoms with Crippen LogP contribution in [0, 0.1) is 0 Å². The normalized spacial score (nSPS) is 12.0. The highest BCUT2D eigenvalue weighted by Crippen LogP contribution is 2.21. The molecule has 3 aromatic rings. The molecule has 1 aromatic heterocycles. The molecule has 0 aliphatic rings. The average Bonchev–Trinajstić information content (AvgIpc) is 2.84. The molecule has 1 heterocycles. The van der Waals surface area contributed by atoms with Gasteiger partial charge in [-0.05, 0) is 42.3 Å². The zero-order chi connectivity index (χ0) is 15.7. The lowest BCUT2D eigenvalue weighted by Crippen LogP contribution is -2.13. The number of para-hydroxylation sites is 1. The van der Waals surface area contributed by atoms with Gasteiger partial charge in [0.05, 0.1) is 10.2 Å². The molecule has 0 bridgehead atoms. The summed E-state index contributed by atoms with van der Waals surface area (Å²) in [7, 11) is 1.95. The minimum atomic E-state index is -0.253. The van der Waals surface area contributed by atoms with Crippen molar-refractivity contribution in [3.63, 3.8) is 0 Å². The highest BCUT2D eigenvalue weighted by Gasteiger charge is 2.09. The van der Waals surface area contributed by atoms with Gasteiger partial charge in [-0.3, -0.25) is 4.79 Å². The number of hydrogen-bond acceptors (Lipinski definition) is 2. The summed E-state index contributed by atoms with van der Waals surface area (Å²) in [4.78, 5) is 17.3. The highest BCUT2D eigenvalue weighted by atomic mass is 35.5. The molecule has 5 heteroatoms. The second-order valence-corrected chi connectivity index (χ2v) is 6.43. The summed E-state index contributed by atoms with van der Waals surface area (Å²) < 4.78 is 3.14. The Morgan fingerprint density at radius 2 is 1.95 bits per heavy atom. The van der Waals surface area contributed by atoms with E-state index in [4.69, 9.17) is 11.6 Å². The van der Waals surface area contributed by atoms with Gasteiger partial charge in [-0.2, -0.15) is 4.99 Å². The minimum Gasteiger partial charge on any atom is -0.319 e. The number of benzene rings is 2. The second kappa shape index (κ2) is 6.07. The Hall–Kier alpha value is -1.91. The predicted octanol–water partition coefficient (Wildman–Crippen LogP) is 4.20. The van der Waals surface area contributed by atoms with Gasteiger partial charge in [0.25, 0.3) is 5.91 Å². The van der Waals surface area contributed by atoms with E-state index < -0.39 is 0 Å². The lowest BCUT2D eigenvalue weighted by Gasteiger charge is -2.01. The van der Waals surface area contributed by atoms with E-state index in [1.165, 1.54) is 16.9 Å². The molecule has 3 nitrogen and oxygen atoms in total. The van der Waals surface area contributed by atoms with Crippen LogP contribution < -0.4 is 4.80 Å². The fraction of sp³-hybridized carbons (Fsp3) is 0.176. The molecule has 3 rings (SSSR count). The van der Waals surface area contributed by atoms with Gasteiger partial charge in [0.2, 0.25) is 0 Å². The first kappa shape index (κ1) is 15.0. The molecule has 1 amide bonds. The van der Waals surface area contributed by atoms with Gasteiger partial charge in [0, 0.05) is 17.6 Å². The van der Waals surface area contributed by atoms with Gasteiger partial charge in [0.1, 0.15) is 0 Å². The maximum absolute atomic E-state index is 12.3. The third-order valence-corrected chi connectivity index (χ3v) is 4.92. The summed E-state index contributed by atoms with van der Waals surface area (Å²) >= 11 is 7.37. The Morgan fingerprint density at radius 3 is 2.64 bits per heavy atom. The average molecular weight is 331 g/mol. The van der Waals surface area contributed by atoms with E-state index in [9.17, 15) is 4.79 Å². The molecule has 0 fully saturated rings. The van der Waals surface area contributed by atoms with Crippen LogP contribution >= 0.6 is 22.9 Å². The number of amides is 1. The molecule has 22 heavy (non-hydrogen) atoms. The second-order valence-electron chi connectivity index (χ2n) is 4.98. The van der Waals surface area contributed by atoms with Crippen molar-refractivity contribution in [2.45, 2.75) is 13.3 Å². The Labute approximate surface area is 137 Å². The molecule has 2 aromatic carbocycles. The molecule has 0 unspecified atom stereocenters. The maximum atomic E-state index is 12.3. The first-order valence-electron chi connectivity index (χ1n) is 7.02. The standard InChI is InChI=1S/C17H15ClN2OS/c1-3-11-5-4-6-14-15(11)20(2)17(22-14)19-16(21)12-7-9-13(18)10-8-12/h4-10H,3H2,1-2H3. The summed E-state index contributed by atoms with van der Waals surface area (Å²) in [6.07, 6.45) is 0.951. The molecule has 0 spiro atoms. The van der Waals surface area contributed by atoms with Crippen LogP contribution in [0.3, 0.4) is 0 Å². The lowest BCUT2D eigenvalue weighted by atomic mass is 10.1. The highest BCUT2D eigenvalue weighted by molar-refractivity contribution is 7.16. The quantitative estimate of drug-likeness (QED) is 0.693. The summed E-state index contributed by atoms with van der Waals surface area (Å²) in [5.74, 6) is -0.253. The molecular formula is C17H15ClN2OS. The smallest absolute Gasteiger partial charge is 0.279 e. The van der Waals surface area contributed by atoms with Crippen molar-refractivity contribution >= 4 is 39.1 Å². The number of fused-ring (bicyclic) bond motifs is 1. The van der Waals surface area contributed by atoms with Gasteiger partial charge >= 0.3 is 0 Å². The first-order valence-corrected chi connectivity index (χ1v) is 8.21. The van der Waals surface area contributed by atoms with Crippen LogP contribution in [0.15, 0.2) is 47.5 Å². The predicted molar refractivity (Wildman–Crippen MR) is 91.5 cm³/mol. The van der Waals surface area contributed by atoms with E-state index in [2.05, 4.69) is 24.0 Å². The maximum Gasteiger partial charge on any atom is 0.279 e. The molecular weight excluding hydrogens is 316 g/mol. The van der Waals surface area contributed by atoms with Crippen molar-refractivity contribution in [2.75, 3.05) is 0 Å². The number of rotatable bonds is 2. The SMILES string of the molecule is CCc1cccc2sc(=NC(=O)c3ccc(Cl)cc3)n(C)c12. The number of nitrogens with zero attached hydrogens (tertiary/aromatic N) is 2. The third kappa shape index (κ3) is 2.72. The van der Waals surface area contributed by atoms with Crippen LogP contribution in [-0.2, 0) is 13.5 Å². The molecule has 0 saturated heterocycles. The van der Waals surface area contributed by atoms with Crippen LogP contribution in [0.1, 0.15) is 22.8 Å². The lowest BCUT2D eigenvalue weighted by molar-refractivity contribution is 0.0998. The van der Waals surface area contributed by atoms with Crippen LogP contribution in [-0.4, -0.2) is 10.5 Å². The molecule has 0 radical (unpaired) electrons. The molecule has 0 aliphatic carbocycles. The zero-order valence-electron chi connectivity index (χ0n) is 12.3. The summed E-state index contributed by atoms with van der Waals surface area (Å²) in [6, 6.07) is 13.0. The number of thiazole rings is 1. The molecule has 0 N–H and O–H groups in total. The van der Waals surface area contributed by atoms with E-state index in [0.29, 0.717) is 15.4 Å². The fourth-order valence-electron chi connectivity index (χ4n) is 2.42. The largest absolute Gasteiger partial charge is 0.319 e. The molecule has 112 valence electrons. The van der Waals surface area contributed by atoms with Crippen molar-refractivity contribution in [3.8, 4) is 0 Å². The number of aryl methyl sites for hydroxylation is 2. The summed E-state index contributed by atoms with van der Waals surface area (Å²) in [6.45, 7) is 2.13. The monoisotopic (exact) mass is 330 g/mol. The Balaban J connectivity index is 2.11. The number of carbonyl (C=O) groups excluding carboxylic acids is 1. The van der Waals surface area contributed by atoms with Crippen molar-refractivity contribution < 1.29 is 4.79 Å². The topological polar surface area (TPSA) is 34.4 Å². The van der Waals surface area contributed by atoms with Gasteiger partial charge in [0.15, 0.2) is 4.80 Å². The molecule has 0 aliphatic heterocycles. The Kier molecular flexibility index (Phi) is 4.14. The van der Waals surface area contributed by atoms with Crippen molar-refractivity contribution in [2.24, 2.45) is 12.0 Å². The summed E-state index contributed by atoms with van der Waals surface area (Å²) in [5.41, 5.74) is 2.95. The molecule has 0 atom stereocenters. The van der Waals surface area contributed by atoms with Crippen LogP contribution in [0.5, 0.6) is 0 Å². The zero-order valence-corrected chi connectivity index (χ0v) is 13.9. The van der Waals surface area contributed by atoms with Crippen LogP contribution in [0.2, 0.25) is 5.02 Å². The van der Waals surface area contributed by atoms with Crippen molar-refractivity contribution in [1.29, 1.82) is 0 Å². The van der Waals surface area contributed by atoms with E-state index in [0.717, 1.165) is 16.6 Å². The van der Waals surface area contributed by atoms with E-state index in [-0.39, 0.29) is 5.91 Å². The summed E-state index contributed by atoms with van der Waals surface area (Å²) in [5, 5.41) is 0.608. The van der Waals surface area contributed by atoms with Gasteiger partial charge < -0.3 is 4.57 Å². The number of carbonyl (C=O) groups is 1. The van der Waals surface area contributed by atoms with E-state index in [1.54, 1.807) is 24.3 Å². The van der Waals surface area contributed by atoms with Gasteiger partial charge in [-0.25, -0.2) is 0 Å². The third-order valence-electron chi connectivity index (χ3n) is 3.58. The number of halogens is 1. The Morgan fingerprint density at radius 1 is 1.23 bits per heavy atom. The Bertz CT molecular complexity index is 907. The first-order chi connectivity index (χ1) is 10.6. The van der Waals surface area contributed by atoms with Gasteiger partial charge in [-0.1, -0.05) is 42.0 Å².